The normalized spacial score (nSPS) is 28.7. The van der Waals surface area contributed by atoms with Gasteiger partial charge in [-0.25, -0.2) is 9.97 Å². The minimum atomic E-state index is -0.158. The van der Waals surface area contributed by atoms with Gasteiger partial charge in [0, 0.05) is 51.5 Å². The summed E-state index contributed by atoms with van der Waals surface area (Å²) >= 11 is 0. The van der Waals surface area contributed by atoms with Gasteiger partial charge in [-0.2, -0.15) is 0 Å². The van der Waals surface area contributed by atoms with Gasteiger partial charge in [0.15, 0.2) is 0 Å². The molecule has 1 aromatic heterocycles. The zero-order chi connectivity index (χ0) is 16.6. The third kappa shape index (κ3) is 3.53. The Morgan fingerprint density at radius 3 is 2.75 bits per heavy atom. The van der Waals surface area contributed by atoms with Crippen LogP contribution in [0.15, 0.2) is 12.4 Å². The van der Waals surface area contributed by atoms with Gasteiger partial charge in [0.2, 0.25) is 11.9 Å². The molecule has 4 rings (SSSR count). The minimum absolute atomic E-state index is 0.158. The third-order valence-corrected chi connectivity index (χ3v) is 5.43. The smallest absolute Gasteiger partial charge is 0.225 e. The molecule has 6 heteroatoms. The van der Waals surface area contributed by atoms with Gasteiger partial charge < -0.3 is 10.2 Å². The van der Waals surface area contributed by atoms with E-state index >= 15 is 0 Å². The van der Waals surface area contributed by atoms with Crippen LogP contribution >= 0.6 is 0 Å². The molecule has 0 bridgehead atoms. The van der Waals surface area contributed by atoms with Crippen LogP contribution < -0.4 is 10.2 Å². The van der Waals surface area contributed by atoms with Crippen molar-refractivity contribution in [2.24, 2.45) is 5.92 Å². The van der Waals surface area contributed by atoms with Crippen LogP contribution in [0.2, 0.25) is 0 Å². The Balaban J connectivity index is 1.57. The summed E-state index contributed by atoms with van der Waals surface area (Å²) in [6, 6.07) is 0. The number of rotatable bonds is 3. The van der Waals surface area contributed by atoms with Crippen molar-refractivity contribution in [2.75, 3.05) is 37.6 Å². The average molecular weight is 329 g/mol. The number of aryl methyl sites for hydroxylation is 1. The summed E-state index contributed by atoms with van der Waals surface area (Å²) in [5.74, 6) is 1.84. The van der Waals surface area contributed by atoms with E-state index in [0.717, 1.165) is 56.5 Å². The molecule has 0 radical (unpaired) electrons. The van der Waals surface area contributed by atoms with E-state index in [1.807, 2.05) is 19.3 Å². The number of carbonyl (C=O) groups excluding carboxylic acids is 1. The summed E-state index contributed by atoms with van der Waals surface area (Å²) in [6.07, 6.45) is 9.16. The molecular weight excluding hydrogens is 302 g/mol. The summed E-state index contributed by atoms with van der Waals surface area (Å²) in [7, 11) is 0. The Kier molecular flexibility index (Phi) is 4.16. The highest BCUT2D eigenvalue weighted by molar-refractivity contribution is 5.77. The lowest BCUT2D eigenvalue weighted by Crippen LogP contribution is -2.61. The van der Waals surface area contributed by atoms with Crippen LogP contribution in [-0.4, -0.2) is 59.0 Å². The van der Waals surface area contributed by atoms with Crippen LogP contribution in [0.5, 0.6) is 0 Å². The van der Waals surface area contributed by atoms with E-state index in [4.69, 9.17) is 0 Å². The van der Waals surface area contributed by atoms with E-state index in [1.165, 1.54) is 19.4 Å². The molecular formula is C18H27N5O. The molecule has 130 valence electrons. The molecule has 1 unspecified atom stereocenters. The van der Waals surface area contributed by atoms with Crippen LogP contribution in [0.4, 0.5) is 5.95 Å². The Labute approximate surface area is 143 Å². The summed E-state index contributed by atoms with van der Waals surface area (Å²) in [4.78, 5) is 26.0. The van der Waals surface area contributed by atoms with Crippen molar-refractivity contribution in [2.45, 2.75) is 44.6 Å². The number of nitrogens with zero attached hydrogens (tertiary/aromatic N) is 4. The number of anilines is 1. The Morgan fingerprint density at radius 2 is 2.04 bits per heavy atom. The summed E-state index contributed by atoms with van der Waals surface area (Å²) in [6.45, 7) is 6.88. The Morgan fingerprint density at radius 1 is 1.25 bits per heavy atom. The molecule has 1 amide bonds. The van der Waals surface area contributed by atoms with Gasteiger partial charge in [0.1, 0.15) is 0 Å². The number of hydrogen-bond acceptors (Lipinski definition) is 5. The SMILES string of the molecule is Cc1cnc(N2CCN(CC3CC3)CC3(CCCC(=O)N3)C2)nc1. The van der Waals surface area contributed by atoms with Crippen molar-refractivity contribution < 1.29 is 4.79 Å². The molecule has 1 saturated carbocycles. The fourth-order valence-corrected chi connectivity index (χ4v) is 4.05. The lowest BCUT2D eigenvalue weighted by Gasteiger charge is -2.41. The van der Waals surface area contributed by atoms with E-state index in [2.05, 4.69) is 25.1 Å². The first-order valence-corrected chi connectivity index (χ1v) is 9.19. The predicted octanol–water partition coefficient (Wildman–Crippen LogP) is 1.36. The number of hydrogen-bond donors (Lipinski definition) is 1. The predicted molar refractivity (Wildman–Crippen MR) is 92.9 cm³/mol. The van der Waals surface area contributed by atoms with Crippen molar-refractivity contribution in [3.05, 3.63) is 18.0 Å². The maximum atomic E-state index is 12.1. The maximum absolute atomic E-state index is 12.1. The highest BCUT2D eigenvalue weighted by atomic mass is 16.1. The van der Waals surface area contributed by atoms with E-state index in [-0.39, 0.29) is 11.4 Å². The first-order valence-electron chi connectivity index (χ1n) is 9.19. The zero-order valence-corrected chi connectivity index (χ0v) is 14.5. The quantitative estimate of drug-likeness (QED) is 0.907. The van der Waals surface area contributed by atoms with Gasteiger partial charge in [-0.3, -0.25) is 9.69 Å². The average Bonchev–Trinajstić information content (AvgIpc) is 3.37. The number of carbonyl (C=O) groups is 1. The first kappa shape index (κ1) is 15.8. The second kappa shape index (κ2) is 6.31. The van der Waals surface area contributed by atoms with Gasteiger partial charge in [-0.05, 0) is 44.1 Å². The van der Waals surface area contributed by atoms with Crippen LogP contribution in [0, 0.1) is 12.8 Å². The molecule has 1 spiro atoms. The van der Waals surface area contributed by atoms with Crippen LogP contribution in [0.3, 0.4) is 0 Å². The summed E-state index contributed by atoms with van der Waals surface area (Å²) < 4.78 is 0. The Bertz CT molecular complexity index is 600. The van der Waals surface area contributed by atoms with E-state index in [9.17, 15) is 4.79 Å². The van der Waals surface area contributed by atoms with Crippen molar-refractivity contribution in [1.29, 1.82) is 0 Å². The van der Waals surface area contributed by atoms with Crippen molar-refractivity contribution in [1.82, 2.24) is 20.2 Å². The highest BCUT2D eigenvalue weighted by Crippen LogP contribution is 2.32. The van der Waals surface area contributed by atoms with E-state index < -0.39 is 0 Å². The largest absolute Gasteiger partial charge is 0.348 e. The molecule has 2 saturated heterocycles. The van der Waals surface area contributed by atoms with Crippen LogP contribution in [0.1, 0.15) is 37.7 Å². The van der Waals surface area contributed by atoms with E-state index in [0.29, 0.717) is 6.42 Å². The Hall–Kier alpha value is -1.69. The monoisotopic (exact) mass is 329 g/mol. The number of piperidine rings is 1. The van der Waals surface area contributed by atoms with Gasteiger partial charge in [0.05, 0.1) is 5.54 Å². The van der Waals surface area contributed by atoms with Gasteiger partial charge in [0.25, 0.3) is 0 Å². The molecule has 3 heterocycles. The number of nitrogens with one attached hydrogen (secondary N) is 1. The van der Waals surface area contributed by atoms with E-state index in [1.54, 1.807) is 0 Å². The number of amides is 1. The second-order valence-corrected chi connectivity index (χ2v) is 7.84. The molecule has 1 aromatic rings. The number of aromatic nitrogens is 2. The first-order chi connectivity index (χ1) is 11.6. The van der Waals surface area contributed by atoms with Gasteiger partial charge >= 0.3 is 0 Å². The highest BCUT2D eigenvalue weighted by Gasteiger charge is 2.41. The van der Waals surface area contributed by atoms with Crippen molar-refractivity contribution in [3.8, 4) is 0 Å². The van der Waals surface area contributed by atoms with Crippen LogP contribution in [0.25, 0.3) is 0 Å². The molecule has 3 aliphatic rings. The van der Waals surface area contributed by atoms with Crippen molar-refractivity contribution in [3.63, 3.8) is 0 Å². The molecule has 1 aliphatic carbocycles. The fourth-order valence-electron chi connectivity index (χ4n) is 4.05. The molecule has 3 fully saturated rings. The van der Waals surface area contributed by atoms with Gasteiger partial charge in [-0.15, -0.1) is 0 Å². The lowest BCUT2D eigenvalue weighted by molar-refractivity contribution is -0.125. The summed E-state index contributed by atoms with van der Waals surface area (Å²) in [5, 5.41) is 3.33. The van der Waals surface area contributed by atoms with Gasteiger partial charge in [-0.1, -0.05) is 0 Å². The molecule has 1 atom stereocenters. The molecule has 1 N–H and O–H groups in total. The van der Waals surface area contributed by atoms with Crippen molar-refractivity contribution >= 4 is 11.9 Å². The summed E-state index contributed by atoms with van der Waals surface area (Å²) in [5.41, 5.74) is 0.916. The molecule has 2 aliphatic heterocycles. The topological polar surface area (TPSA) is 61.4 Å². The zero-order valence-electron chi connectivity index (χ0n) is 14.5. The lowest BCUT2D eigenvalue weighted by atomic mass is 9.87. The fraction of sp³-hybridized carbons (Fsp3) is 0.722. The molecule has 6 nitrogen and oxygen atoms in total. The standard InChI is InChI=1S/C18H27N5O/c1-14-9-19-17(20-10-14)23-8-7-22(11-15-4-5-15)12-18(13-23)6-2-3-16(24)21-18/h9-10,15H,2-8,11-13H2,1H3,(H,21,24). The molecule has 0 aromatic carbocycles. The van der Waals surface area contributed by atoms with Crippen LogP contribution in [-0.2, 0) is 4.79 Å². The maximum Gasteiger partial charge on any atom is 0.225 e. The minimum Gasteiger partial charge on any atom is -0.348 e. The second-order valence-electron chi connectivity index (χ2n) is 7.84. The molecule has 24 heavy (non-hydrogen) atoms. The third-order valence-electron chi connectivity index (χ3n) is 5.43.